The van der Waals surface area contributed by atoms with Gasteiger partial charge in [-0.05, 0) is 19.8 Å². The molecule has 1 heterocycles. The molecule has 1 aromatic heterocycles. The fourth-order valence-electron chi connectivity index (χ4n) is 1.40. The molecule has 0 radical (unpaired) electrons. The number of nitrogens with two attached hydrogens (primary N) is 1. The van der Waals surface area contributed by atoms with Crippen LogP contribution in [0.2, 0.25) is 0 Å². The normalized spacial score (nSPS) is 12.0. The lowest BCUT2D eigenvalue weighted by molar-refractivity contribution is 0.277. The van der Waals surface area contributed by atoms with Gasteiger partial charge < -0.3 is 15.2 Å². The molecule has 1 unspecified atom stereocenters. The number of aliphatic hydroxyl groups excluding tert-OH is 1. The molecular formula is C10H20N6O2. The Morgan fingerprint density at radius 2 is 2.00 bits per heavy atom. The lowest BCUT2D eigenvalue weighted by Gasteiger charge is -2.16. The van der Waals surface area contributed by atoms with Gasteiger partial charge in [0.2, 0.25) is 11.9 Å². The number of aromatic nitrogens is 3. The van der Waals surface area contributed by atoms with Gasteiger partial charge in [-0.1, -0.05) is 6.92 Å². The minimum absolute atomic E-state index is 0.0949. The summed E-state index contributed by atoms with van der Waals surface area (Å²) < 4.78 is 5.22. The van der Waals surface area contributed by atoms with E-state index in [9.17, 15) is 0 Å². The molecule has 0 aliphatic rings. The van der Waals surface area contributed by atoms with E-state index in [4.69, 9.17) is 15.7 Å². The van der Waals surface area contributed by atoms with Crippen LogP contribution in [0.3, 0.4) is 0 Å². The fourth-order valence-corrected chi connectivity index (χ4v) is 1.40. The van der Waals surface area contributed by atoms with Crippen LogP contribution in [0.4, 0.5) is 11.9 Å². The predicted octanol–water partition coefficient (Wildman–Crippen LogP) is 0.129. The molecule has 0 aliphatic carbocycles. The van der Waals surface area contributed by atoms with Crippen LogP contribution in [0.5, 0.6) is 6.01 Å². The van der Waals surface area contributed by atoms with Gasteiger partial charge in [0, 0.05) is 12.6 Å². The van der Waals surface area contributed by atoms with Crippen molar-refractivity contribution in [1.29, 1.82) is 0 Å². The molecule has 0 fully saturated rings. The lowest BCUT2D eigenvalue weighted by Crippen LogP contribution is -2.22. The van der Waals surface area contributed by atoms with Crippen molar-refractivity contribution in [3.8, 4) is 6.01 Å². The summed E-state index contributed by atoms with van der Waals surface area (Å²) in [5.41, 5.74) is 2.36. The Bertz CT molecular complexity index is 362. The van der Waals surface area contributed by atoms with Crippen molar-refractivity contribution < 1.29 is 9.84 Å². The number of nitrogen functional groups attached to an aromatic ring is 1. The average Bonchev–Trinajstić information content (AvgIpc) is 2.38. The number of nitrogens with one attached hydrogen (secondary N) is 2. The zero-order valence-corrected chi connectivity index (χ0v) is 10.7. The molecule has 8 heteroatoms. The lowest BCUT2D eigenvalue weighted by atomic mass is 10.2. The number of hydrazine groups is 1. The van der Waals surface area contributed by atoms with E-state index in [1.807, 2.05) is 13.8 Å². The van der Waals surface area contributed by atoms with Crippen molar-refractivity contribution >= 4 is 11.9 Å². The van der Waals surface area contributed by atoms with Gasteiger partial charge >= 0.3 is 6.01 Å². The first kappa shape index (κ1) is 14.4. The van der Waals surface area contributed by atoms with Gasteiger partial charge in [0.15, 0.2) is 0 Å². The molecule has 0 amide bonds. The number of ether oxygens (including phenoxy) is 1. The summed E-state index contributed by atoms with van der Waals surface area (Å²) >= 11 is 0. The van der Waals surface area contributed by atoms with Crippen molar-refractivity contribution in [3.63, 3.8) is 0 Å². The second kappa shape index (κ2) is 7.62. The average molecular weight is 256 g/mol. The van der Waals surface area contributed by atoms with E-state index in [2.05, 4.69) is 25.7 Å². The monoisotopic (exact) mass is 256 g/mol. The third-order valence-corrected chi connectivity index (χ3v) is 2.32. The molecule has 0 aromatic carbocycles. The largest absolute Gasteiger partial charge is 0.464 e. The Morgan fingerprint density at radius 3 is 2.56 bits per heavy atom. The van der Waals surface area contributed by atoms with E-state index in [0.29, 0.717) is 19.0 Å². The first-order valence-electron chi connectivity index (χ1n) is 5.96. The van der Waals surface area contributed by atoms with Gasteiger partial charge in [-0.3, -0.25) is 5.43 Å². The molecule has 8 nitrogen and oxygen atoms in total. The van der Waals surface area contributed by atoms with Crippen LogP contribution in [-0.2, 0) is 0 Å². The highest BCUT2D eigenvalue weighted by molar-refractivity contribution is 5.35. The number of nitrogens with zero attached hydrogens (tertiary/aromatic N) is 3. The summed E-state index contributed by atoms with van der Waals surface area (Å²) in [5, 5.41) is 12.0. The summed E-state index contributed by atoms with van der Waals surface area (Å²) in [6.45, 7) is 4.42. The smallest absolute Gasteiger partial charge is 0.323 e. The molecule has 0 saturated heterocycles. The van der Waals surface area contributed by atoms with Crippen LogP contribution in [0.25, 0.3) is 0 Å². The standard InChI is InChI=1S/C10H20N6O2/c1-3-7(5-6-17)12-8-13-9(16-11)15-10(14-8)18-4-2/h7,17H,3-6,11H2,1-2H3,(H2,12,13,14,15,16). The van der Waals surface area contributed by atoms with Crippen LogP contribution in [0, 0.1) is 0 Å². The number of anilines is 2. The van der Waals surface area contributed by atoms with Gasteiger partial charge in [-0.15, -0.1) is 0 Å². The highest BCUT2D eigenvalue weighted by Crippen LogP contribution is 2.13. The SMILES string of the molecule is CCOc1nc(NN)nc(NC(CC)CCO)n1. The van der Waals surface area contributed by atoms with Crippen molar-refractivity contribution in [2.24, 2.45) is 5.84 Å². The number of aliphatic hydroxyl groups is 1. The highest BCUT2D eigenvalue weighted by Gasteiger charge is 2.11. The van der Waals surface area contributed by atoms with Gasteiger partial charge in [0.05, 0.1) is 6.61 Å². The predicted molar refractivity (Wildman–Crippen MR) is 68.2 cm³/mol. The van der Waals surface area contributed by atoms with E-state index >= 15 is 0 Å². The quantitative estimate of drug-likeness (QED) is 0.383. The van der Waals surface area contributed by atoms with Crippen molar-refractivity contribution in [3.05, 3.63) is 0 Å². The summed E-state index contributed by atoms with van der Waals surface area (Å²) in [5.74, 6) is 5.89. The molecule has 18 heavy (non-hydrogen) atoms. The zero-order chi connectivity index (χ0) is 13.4. The van der Waals surface area contributed by atoms with E-state index in [-0.39, 0.29) is 24.6 Å². The van der Waals surface area contributed by atoms with Crippen molar-refractivity contribution in [2.45, 2.75) is 32.7 Å². The zero-order valence-electron chi connectivity index (χ0n) is 10.7. The highest BCUT2D eigenvalue weighted by atomic mass is 16.5. The maximum absolute atomic E-state index is 8.94. The van der Waals surface area contributed by atoms with E-state index in [1.165, 1.54) is 0 Å². The third-order valence-electron chi connectivity index (χ3n) is 2.32. The number of rotatable bonds is 8. The van der Waals surface area contributed by atoms with E-state index in [0.717, 1.165) is 6.42 Å². The third kappa shape index (κ3) is 4.30. The summed E-state index contributed by atoms with van der Waals surface area (Å²) in [4.78, 5) is 12.1. The number of hydrogen-bond donors (Lipinski definition) is 4. The van der Waals surface area contributed by atoms with Gasteiger partial charge in [-0.25, -0.2) is 5.84 Å². The summed E-state index contributed by atoms with van der Waals surface area (Å²) in [6.07, 6.45) is 1.47. The molecule has 0 aliphatic heterocycles. The second-order valence-electron chi connectivity index (χ2n) is 3.60. The van der Waals surface area contributed by atoms with Crippen LogP contribution in [0.15, 0.2) is 0 Å². The molecule has 0 saturated carbocycles. The van der Waals surface area contributed by atoms with Crippen LogP contribution >= 0.6 is 0 Å². The minimum Gasteiger partial charge on any atom is -0.464 e. The van der Waals surface area contributed by atoms with Crippen LogP contribution in [-0.4, -0.2) is 39.3 Å². The van der Waals surface area contributed by atoms with Crippen LogP contribution in [0.1, 0.15) is 26.7 Å². The van der Waals surface area contributed by atoms with Gasteiger partial charge in [-0.2, -0.15) is 15.0 Å². The van der Waals surface area contributed by atoms with E-state index in [1.54, 1.807) is 0 Å². The molecule has 1 atom stereocenters. The number of hydrogen-bond acceptors (Lipinski definition) is 8. The molecule has 0 bridgehead atoms. The molecule has 0 spiro atoms. The molecule has 1 rings (SSSR count). The Kier molecular flexibility index (Phi) is 6.09. The molecule has 102 valence electrons. The van der Waals surface area contributed by atoms with Gasteiger partial charge in [0.1, 0.15) is 0 Å². The van der Waals surface area contributed by atoms with Crippen molar-refractivity contribution in [2.75, 3.05) is 24.0 Å². The topological polar surface area (TPSA) is 118 Å². The maximum atomic E-state index is 8.94. The van der Waals surface area contributed by atoms with Crippen molar-refractivity contribution in [1.82, 2.24) is 15.0 Å². The molecular weight excluding hydrogens is 236 g/mol. The van der Waals surface area contributed by atoms with Crippen LogP contribution < -0.4 is 21.3 Å². The first-order chi connectivity index (χ1) is 8.73. The minimum atomic E-state index is 0.0949. The first-order valence-corrected chi connectivity index (χ1v) is 5.96. The maximum Gasteiger partial charge on any atom is 0.323 e. The van der Waals surface area contributed by atoms with E-state index < -0.39 is 0 Å². The Morgan fingerprint density at radius 1 is 1.28 bits per heavy atom. The molecule has 1 aromatic rings. The Balaban J connectivity index is 2.82. The summed E-state index contributed by atoms with van der Waals surface area (Å²) in [7, 11) is 0. The molecule has 5 N–H and O–H groups in total. The Hall–Kier alpha value is -1.67. The fraction of sp³-hybridized carbons (Fsp3) is 0.700. The van der Waals surface area contributed by atoms with Gasteiger partial charge in [0.25, 0.3) is 0 Å². The second-order valence-corrected chi connectivity index (χ2v) is 3.60. The summed E-state index contributed by atoms with van der Waals surface area (Å²) in [6, 6.07) is 0.305. The Labute approximate surface area is 106 Å².